The molecule has 0 spiro atoms. The Morgan fingerprint density at radius 1 is 1.36 bits per heavy atom. The van der Waals surface area contributed by atoms with Crippen LogP contribution in [0.3, 0.4) is 0 Å². The molecular formula is C17H32N4O. The van der Waals surface area contributed by atoms with Gasteiger partial charge in [-0.15, -0.1) is 0 Å². The SMILES string of the molecule is CC(C)CCCC(C)NC(N)=NCC1CC(=O)N(C2CC2)C1. The van der Waals surface area contributed by atoms with E-state index in [0.29, 0.717) is 42.8 Å². The third kappa shape index (κ3) is 5.50. The second kappa shape index (κ2) is 7.84. The van der Waals surface area contributed by atoms with Gasteiger partial charge in [-0.2, -0.15) is 0 Å². The van der Waals surface area contributed by atoms with E-state index >= 15 is 0 Å². The molecule has 1 saturated heterocycles. The molecule has 1 amide bonds. The van der Waals surface area contributed by atoms with E-state index < -0.39 is 0 Å². The Bertz CT molecular complexity index is 403. The number of carbonyl (C=O) groups is 1. The molecule has 1 saturated carbocycles. The monoisotopic (exact) mass is 308 g/mol. The van der Waals surface area contributed by atoms with Gasteiger partial charge < -0.3 is 16.0 Å². The summed E-state index contributed by atoms with van der Waals surface area (Å²) in [6.07, 6.45) is 6.58. The first-order valence-corrected chi connectivity index (χ1v) is 8.81. The largest absolute Gasteiger partial charge is 0.370 e. The van der Waals surface area contributed by atoms with Crippen LogP contribution in [0.1, 0.15) is 59.3 Å². The second-order valence-corrected chi connectivity index (χ2v) is 7.44. The van der Waals surface area contributed by atoms with Crippen molar-refractivity contribution in [3.63, 3.8) is 0 Å². The molecule has 2 rings (SSSR count). The van der Waals surface area contributed by atoms with Crippen molar-refractivity contribution in [1.82, 2.24) is 10.2 Å². The van der Waals surface area contributed by atoms with Crippen molar-refractivity contribution in [2.75, 3.05) is 13.1 Å². The molecule has 126 valence electrons. The molecular weight excluding hydrogens is 276 g/mol. The first-order chi connectivity index (χ1) is 10.5. The zero-order valence-corrected chi connectivity index (χ0v) is 14.3. The third-order valence-corrected chi connectivity index (χ3v) is 4.56. The van der Waals surface area contributed by atoms with Crippen LogP contribution in [-0.4, -0.2) is 41.9 Å². The van der Waals surface area contributed by atoms with Crippen LogP contribution in [0.15, 0.2) is 4.99 Å². The van der Waals surface area contributed by atoms with Gasteiger partial charge in [0.1, 0.15) is 0 Å². The lowest BCUT2D eigenvalue weighted by molar-refractivity contribution is -0.128. The highest BCUT2D eigenvalue weighted by Crippen LogP contribution is 2.32. The zero-order chi connectivity index (χ0) is 16.1. The summed E-state index contributed by atoms with van der Waals surface area (Å²) in [6.45, 7) is 8.18. The fraction of sp³-hybridized carbons (Fsp3) is 0.882. The number of carbonyl (C=O) groups excluding carboxylic acids is 1. The van der Waals surface area contributed by atoms with E-state index in [9.17, 15) is 4.79 Å². The van der Waals surface area contributed by atoms with E-state index in [2.05, 4.69) is 31.1 Å². The number of hydrogen-bond acceptors (Lipinski definition) is 2. The minimum absolute atomic E-state index is 0.302. The van der Waals surface area contributed by atoms with Crippen molar-refractivity contribution in [3.8, 4) is 0 Å². The minimum atomic E-state index is 0.302. The number of nitrogens with zero attached hydrogens (tertiary/aromatic N) is 2. The maximum absolute atomic E-state index is 11.9. The number of rotatable bonds is 8. The van der Waals surface area contributed by atoms with Crippen LogP contribution in [0.5, 0.6) is 0 Å². The van der Waals surface area contributed by atoms with Gasteiger partial charge in [0.15, 0.2) is 5.96 Å². The second-order valence-electron chi connectivity index (χ2n) is 7.44. The van der Waals surface area contributed by atoms with E-state index in [4.69, 9.17) is 5.73 Å². The molecule has 0 bridgehead atoms. The summed E-state index contributed by atoms with van der Waals surface area (Å²) >= 11 is 0. The van der Waals surface area contributed by atoms with Gasteiger partial charge in [-0.3, -0.25) is 9.79 Å². The molecule has 2 atom stereocenters. The molecule has 5 nitrogen and oxygen atoms in total. The number of aliphatic imine (C=N–C) groups is 1. The highest BCUT2D eigenvalue weighted by Gasteiger charge is 2.39. The maximum Gasteiger partial charge on any atom is 0.223 e. The third-order valence-electron chi connectivity index (χ3n) is 4.56. The Hall–Kier alpha value is -1.26. The first kappa shape index (κ1) is 17.1. The van der Waals surface area contributed by atoms with Crippen LogP contribution in [0.4, 0.5) is 0 Å². The topological polar surface area (TPSA) is 70.7 Å². The highest BCUT2D eigenvalue weighted by molar-refractivity contribution is 5.80. The van der Waals surface area contributed by atoms with E-state index in [1.807, 2.05) is 4.90 Å². The Balaban J connectivity index is 1.65. The summed E-state index contributed by atoms with van der Waals surface area (Å²) in [7, 11) is 0. The molecule has 2 aliphatic rings. The Labute approximate surface area is 134 Å². The quantitative estimate of drug-likeness (QED) is 0.533. The van der Waals surface area contributed by atoms with Gasteiger partial charge in [-0.1, -0.05) is 26.7 Å². The van der Waals surface area contributed by atoms with Gasteiger partial charge >= 0.3 is 0 Å². The molecule has 22 heavy (non-hydrogen) atoms. The fourth-order valence-corrected chi connectivity index (χ4v) is 3.10. The van der Waals surface area contributed by atoms with Crippen molar-refractivity contribution in [2.24, 2.45) is 22.6 Å². The van der Waals surface area contributed by atoms with Gasteiger partial charge in [0.2, 0.25) is 5.91 Å². The van der Waals surface area contributed by atoms with Crippen molar-refractivity contribution >= 4 is 11.9 Å². The Morgan fingerprint density at radius 3 is 2.73 bits per heavy atom. The van der Waals surface area contributed by atoms with Crippen molar-refractivity contribution in [1.29, 1.82) is 0 Å². The Morgan fingerprint density at radius 2 is 2.09 bits per heavy atom. The molecule has 3 N–H and O–H groups in total. The Kier molecular flexibility index (Phi) is 6.09. The van der Waals surface area contributed by atoms with E-state index in [1.54, 1.807) is 0 Å². The lowest BCUT2D eigenvalue weighted by atomic mass is 10.0. The summed E-state index contributed by atoms with van der Waals surface area (Å²) in [5, 5.41) is 3.26. The number of amides is 1. The van der Waals surface area contributed by atoms with Crippen LogP contribution in [-0.2, 0) is 4.79 Å². The molecule has 1 aliphatic heterocycles. The van der Waals surface area contributed by atoms with Crippen LogP contribution >= 0.6 is 0 Å². The summed E-state index contributed by atoms with van der Waals surface area (Å²) in [5.74, 6) is 1.92. The lowest BCUT2D eigenvalue weighted by Gasteiger charge is -2.16. The predicted octanol–water partition coefficient (Wildman–Crippen LogP) is 2.12. The fourth-order valence-electron chi connectivity index (χ4n) is 3.10. The standard InChI is InChI=1S/C17H32N4O/c1-12(2)5-4-6-13(3)20-17(18)19-10-14-9-16(22)21(11-14)15-7-8-15/h12-15H,4-11H2,1-3H3,(H3,18,19,20). The zero-order valence-electron chi connectivity index (χ0n) is 14.3. The smallest absolute Gasteiger partial charge is 0.223 e. The van der Waals surface area contributed by atoms with Crippen LogP contribution in [0.2, 0.25) is 0 Å². The summed E-state index contributed by atoms with van der Waals surface area (Å²) in [6, 6.07) is 0.883. The maximum atomic E-state index is 11.9. The predicted molar refractivity (Wildman–Crippen MR) is 90.6 cm³/mol. The summed E-state index contributed by atoms with van der Waals surface area (Å²) < 4.78 is 0. The molecule has 0 aromatic carbocycles. The number of nitrogens with two attached hydrogens (primary N) is 1. The molecule has 2 fully saturated rings. The minimum Gasteiger partial charge on any atom is -0.370 e. The molecule has 0 aromatic heterocycles. The normalized spacial score (nSPS) is 24.2. The van der Waals surface area contributed by atoms with Crippen LogP contribution in [0, 0.1) is 11.8 Å². The van der Waals surface area contributed by atoms with E-state index in [-0.39, 0.29) is 0 Å². The number of hydrogen-bond donors (Lipinski definition) is 2. The molecule has 5 heteroatoms. The van der Waals surface area contributed by atoms with Gasteiger partial charge in [0, 0.05) is 37.5 Å². The molecule has 0 aromatic rings. The van der Waals surface area contributed by atoms with Crippen molar-refractivity contribution in [3.05, 3.63) is 0 Å². The van der Waals surface area contributed by atoms with Crippen LogP contribution in [0.25, 0.3) is 0 Å². The van der Waals surface area contributed by atoms with Gasteiger partial charge in [-0.25, -0.2) is 0 Å². The van der Waals surface area contributed by atoms with Gasteiger partial charge in [-0.05, 0) is 32.1 Å². The molecule has 1 aliphatic carbocycles. The summed E-state index contributed by atoms with van der Waals surface area (Å²) in [4.78, 5) is 18.4. The number of nitrogens with one attached hydrogen (secondary N) is 1. The van der Waals surface area contributed by atoms with Crippen molar-refractivity contribution in [2.45, 2.75) is 71.4 Å². The van der Waals surface area contributed by atoms with E-state index in [0.717, 1.165) is 18.9 Å². The first-order valence-electron chi connectivity index (χ1n) is 8.81. The summed E-state index contributed by atoms with van der Waals surface area (Å²) in [5.41, 5.74) is 5.97. The highest BCUT2D eigenvalue weighted by atomic mass is 16.2. The van der Waals surface area contributed by atoms with Gasteiger partial charge in [0.05, 0.1) is 0 Å². The average molecular weight is 308 g/mol. The van der Waals surface area contributed by atoms with E-state index in [1.165, 1.54) is 25.7 Å². The number of guanidine groups is 1. The van der Waals surface area contributed by atoms with Crippen LogP contribution < -0.4 is 11.1 Å². The number of likely N-dealkylation sites (tertiary alicyclic amines) is 1. The molecule has 0 radical (unpaired) electrons. The van der Waals surface area contributed by atoms with Gasteiger partial charge in [0.25, 0.3) is 0 Å². The average Bonchev–Trinajstić information content (AvgIpc) is 3.20. The molecule has 2 unspecified atom stereocenters. The lowest BCUT2D eigenvalue weighted by Crippen LogP contribution is -2.38. The molecule has 1 heterocycles. The van der Waals surface area contributed by atoms with Crippen molar-refractivity contribution < 1.29 is 4.79 Å².